The number of pyridine rings is 1. The zero-order valence-electron chi connectivity index (χ0n) is 28.8. The van der Waals surface area contributed by atoms with Gasteiger partial charge in [0.05, 0.1) is 25.3 Å². The van der Waals surface area contributed by atoms with E-state index < -0.39 is 18.0 Å². The standard InChI is InChI=1S/C38H47FN8O3/c1-3-15-45-27-37(49)47-34(20-29-13-14-32(48)21-33(29)39)38(50)44(26-36(47)46(45)22-28-9-6-5-7-10-28)23-30-11-8-12-35(40-30)43-24-31(25-43)42-18-16-41(4-2)17-19-42/h3,5-14,21,31,34,36,48H,1,4,15-20,22-27H2,2H3. The maximum absolute atomic E-state index is 15.1. The predicted octanol–water partition coefficient (Wildman–Crippen LogP) is 2.78. The highest BCUT2D eigenvalue weighted by molar-refractivity contribution is 5.90. The maximum atomic E-state index is 15.1. The number of benzene rings is 2. The lowest BCUT2D eigenvalue weighted by Gasteiger charge is -2.55. The van der Waals surface area contributed by atoms with Crippen molar-refractivity contribution in [2.24, 2.45) is 0 Å². The van der Waals surface area contributed by atoms with E-state index in [1.807, 2.05) is 53.5 Å². The molecule has 3 aromatic rings. The Morgan fingerprint density at radius 2 is 1.74 bits per heavy atom. The van der Waals surface area contributed by atoms with Gasteiger partial charge >= 0.3 is 0 Å². The molecule has 5 heterocycles. The quantitative estimate of drug-likeness (QED) is 0.307. The van der Waals surface area contributed by atoms with E-state index in [2.05, 4.69) is 33.2 Å². The smallest absolute Gasteiger partial charge is 0.246 e. The number of carbonyl (C=O) groups is 2. The first-order chi connectivity index (χ1) is 24.3. The lowest BCUT2D eigenvalue weighted by atomic mass is 9.98. The zero-order chi connectivity index (χ0) is 34.8. The van der Waals surface area contributed by atoms with E-state index in [1.54, 1.807) is 15.9 Å². The van der Waals surface area contributed by atoms with Crippen molar-refractivity contribution in [2.45, 2.75) is 44.7 Å². The molecule has 11 nitrogen and oxygen atoms in total. The normalized spacial score (nSPS) is 22.9. The molecule has 4 aliphatic rings. The van der Waals surface area contributed by atoms with Crippen molar-refractivity contribution >= 4 is 17.6 Å². The van der Waals surface area contributed by atoms with Crippen LogP contribution >= 0.6 is 0 Å². The molecule has 50 heavy (non-hydrogen) atoms. The zero-order valence-corrected chi connectivity index (χ0v) is 28.8. The fraction of sp³-hybridized carbons (Fsp3) is 0.447. The SMILES string of the molecule is C=CCN1CC(=O)N2C(Cc3ccc(O)cc3F)C(=O)N(Cc3cccc(N4CC(N5CCN(CC)CC5)C4)n3)CC2N1Cc1ccccc1. The average Bonchev–Trinajstić information content (AvgIpc) is 3.09. The van der Waals surface area contributed by atoms with Gasteiger partial charge in [-0.15, -0.1) is 6.58 Å². The summed E-state index contributed by atoms with van der Waals surface area (Å²) in [5.41, 5.74) is 2.09. The number of hydrazine groups is 1. The molecule has 4 aliphatic heterocycles. The van der Waals surface area contributed by atoms with Gasteiger partial charge in [-0.3, -0.25) is 14.5 Å². The molecule has 2 atom stereocenters. The summed E-state index contributed by atoms with van der Waals surface area (Å²) in [5, 5.41) is 14.0. The van der Waals surface area contributed by atoms with Gasteiger partial charge in [0.2, 0.25) is 11.8 Å². The van der Waals surface area contributed by atoms with E-state index in [1.165, 1.54) is 12.1 Å². The number of hydrogen-bond acceptors (Lipinski definition) is 9. The molecule has 7 rings (SSSR count). The van der Waals surface area contributed by atoms with Gasteiger partial charge in [-0.05, 0) is 35.9 Å². The molecular formula is C38H47FN8O3. The second-order valence-electron chi connectivity index (χ2n) is 13.7. The molecule has 0 saturated carbocycles. The third kappa shape index (κ3) is 7.11. The van der Waals surface area contributed by atoms with Crippen LogP contribution in [0.4, 0.5) is 10.2 Å². The molecule has 1 aromatic heterocycles. The number of nitrogens with zero attached hydrogens (tertiary/aromatic N) is 8. The Bertz CT molecular complexity index is 1680. The van der Waals surface area contributed by atoms with Gasteiger partial charge in [0, 0.05) is 70.9 Å². The summed E-state index contributed by atoms with van der Waals surface area (Å²) in [7, 11) is 0. The molecule has 4 fully saturated rings. The number of amides is 2. The summed E-state index contributed by atoms with van der Waals surface area (Å²) in [6.45, 7) is 15.1. The minimum atomic E-state index is -0.933. The van der Waals surface area contributed by atoms with Crippen LogP contribution in [-0.2, 0) is 29.1 Å². The third-order valence-corrected chi connectivity index (χ3v) is 10.6. The molecule has 2 amide bonds. The highest BCUT2D eigenvalue weighted by atomic mass is 19.1. The fourth-order valence-corrected chi connectivity index (χ4v) is 7.78. The third-order valence-electron chi connectivity index (χ3n) is 10.6. The number of anilines is 1. The van der Waals surface area contributed by atoms with Crippen molar-refractivity contribution in [3.63, 3.8) is 0 Å². The Kier molecular flexibility index (Phi) is 10.1. The average molecular weight is 683 g/mol. The van der Waals surface area contributed by atoms with Gasteiger partial charge < -0.3 is 24.7 Å². The highest BCUT2D eigenvalue weighted by Gasteiger charge is 2.50. The van der Waals surface area contributed by atoms with E-state index in [0.717, 1.165) is 69.0 Å². The van der Waals surface area contributed by atoms with Gasteiger partial charge in [-0.2, -0.15) is 0 Å². The number of phenolic OH excluding ortho intramolecular Hbond substituents is 1. The van der Waals surface area contributed by atoms with Crippen molar-refractivity contribution in [1.29, 1.82) is 0 Å². The number of likely N-dealkylation sites (N-methyl/N-ethyl adjacent to an activating group) is 1. The monoisotopic (exact) mass is 682 g/mol. The second kappa shape index (κ2) is 14.9. The summed E-state index contributed by atoms with van der Waals surface area (Å²) in [4.78, 5) is 44.1. The van der Waals surface area contributed by atoms with Gasteiger partial charge in [0.15, 0.2) is 0 Å². The predicted molar refractivity (Wildman–Crippen MR) is 189 cm³/mol. The van der Waals surface area contributed by atoms with Gasteiger partial charge in [0.1, 0.15) is 29.6 Å². The van der Waals surface area contributed by atoms with Gasteiger partial charge in [-0.25, -0.2) is 19.4 Å². The number of rotatable bonds is 11. The topological polar surface area (TPSA) is 89.9 Å². The second-order valence-corrected chi connectivity index (χ2v) is 13.7. The summed E-state index contributed by atoms with van der Waals surface area (Å²) in [5.74, 6) is -0.346. The molecule has 0 bridgehead atoms. The first-order valence-electron chi connectivity index (χ1n) is 17.7. The Morgan fingerprint density at radius 1 is 0.960 bits per heavy atom. The number of aromatic hydroxyl groups is 1. The van der Waals surface area contributed by atoms with Crippen LogP contribution in [0.25, 0.3) is 0 Å². The molecular weight excluding hydrogens is 635 g/mol. The van der Waals surface area contributed by atoms with E-state index in [4.69, 9.17) is 4.98 Å². The Hall–Kier alpha value is -4.36. The number of fused-ring (bicyclic) bond motifs is 1. The van der Waals surface area contributed by atoms with Gasteiger partial charge in [0.25, 0.3) is 0 Å². The van der Waals surface area contributed by atoms with Crippen LogP contribution in [0, 0.1) is 5.82 Å². The van der Waals surface area contributed by atoms with Crippen molar-refractivity contribution in [1.82, 2.24) is 34.6 Å². The van der Waals surface area contributed by atoms with Crippen LogP contribution in [-0.4, -0.2) is 135 Å². The van der Waals surface area contributed by atoms with E-state index in [0.29, 0.717) is 19.1 Å². The summed E-state index contributed by atoms with van der Waals surface area (Å²) in [6.07, 6.45) is 1.27. The van der Waals surface area contributed by atoms with Crippen molar-refractivity contribution in [3.8, 4) is 5.75 Å². The number of hydrogen-bond donors (Lipinski definition) is 1. The van der Waals surface area contributed by atoms with Crippen LogP contribution in [0.2, 0.25) is 0 Å². The molecule has 2 aromatic carbocycles. The minimum absolute atomic E-state index is 0.0144. The maximum Gasteiger partial charge on any atom is 0.246 e. The molecule has 1 N–H and O–H groups in total. The largest absolute Gasteiger partial charge is 0.508 e. The fourth-order valence-electron chi connectivity index (χ4n) is 7.78. The molecule has 0 spiro atoms. The number of phenols is 1. The van der Waals surface area contributed by atoms with Crippen LogP contribution in [0.5, 0.6) is 5.75 Å². The first-order valence-corrected chi connectivity index (χ1v) is 17.7. The lowest BCUT2D eigenvalue weighted by Crippen LogP contribution is -2.74. The van der Waals surface area contributed by atoms with E-state index >= 15 is 4.39 Å². The summed E-state index contributed by atoms with van der Waals surface area (Å²) >= 11 is 0. The van der Waals surface area contributed by atoms with Crippen LogP contribution < -0.4 is 4.90 Å². The Morgan fingerprint density at radius 3 is 2.46 bits per heavy atom. The number of aromatic nitrogens is 1. The summed E-state index contributed by atoms with van der Waals surface area (Å²) < 4.78 is 15.1. The first kappa shape index (κ1) is 34.1. The molecule has 0 aliphatic carbocycles. The van der Waals surface area contributed by atoms with Crippen molar-refractivity contribution < 1.29 is 19.1 Å². The van der Waals surface area contributed by atoms with Crippen LogP contribution in [0.15, 0.2) is 79.4 Å². The summed E-state index contributed by atoms with van der Waals surface area (Å²) in [6, 6.07) is 19.5. The van der Waals surface area contributed by atoms with Crippen molar-refractivity contribution in [2.75, 3.05) is 70.3 Å². The number of carbonyl (C=O) groups excluding carboxylic acids is 2. The van der Waals surface area contributed by atoms with E-state index in [-0.39, 0.29) is 49.2 Å². The van der Waals surface area contributed by atoms with E-state index in [9.17, 15) is 14.7 Å². The molecule has 2 unspecified atom stereocenters. The minimum Gasteiger partial charge on any atom is -0.508 e. The molecule has 264 valence electrons. The molecule has 0 radical (unpaired) electrons. The number of piperazine rings is 2. The molecule has 12 heteroatoms. The van der Waals surface area contributed by atoms with Crippen LogP contribution in [0.1, 0.15) is 23.7 Å². The lowest BCUT2D eigenvalue weighted by molar-refractivity contribution is -0.204. The Balaban J connectivity index is 1.14. The van der Waals surface area contributed by atoms with Crippen LogP contribution in [0.3, 0.4) is 0 Å². The van der Waals surface area contributed by atoms with Gasteiger partial charge in [-0.1, -0.05) is 55.5 Å². The number of halogens is 1. The molecule has 4 saturated heterocycles. The van der Waals surface area contributed by atoms with Crippen molar-refractivity contribution in [3.05, 3.63) is 102 Å². The Labute approximate surface area is 293 Å². The highest BCUT2D eigenvalue weighted by Crippen LogP contribution is 2.31.